The van der Waals surface area contributed by atoms with Crippen LogP contribution in [0.25, 0.3) is 22.2 Å². The van der Waals surface area contributed by atoms with Gasteiger partial charge in [0.25, 0.3) is 0 Å². The first-order valence-corrected chi connectivity index (χ1v) is 5.74. The quantitative estimate of drug-likeness (QED) is 0.615. The molecule has 0 unspecified atom stereocenters. The van der Waals surface area contributed by atoms with E-state index in [4.69, 9.17) is 0 Å². The second kappa shape index (κ2) is 3.74. The van der Waals surface area contributed by atoms with E-state index in [0.29, 0.717) is 0 Å². The van der Waals surface area contributed by atoms with Gasteiger partial charge in [0.1, 0.15) is 5.69 Å². The molecular weight excluding hydrogens is 208 g/mol. The summed E-state index contributed by atoms with van der Waals surface area (Å²) < 4.78 is 1.94. The number of aromatic nitrogens is 2. The molecule has 0 bridgehead atoms. The number of hydrogen-bond acceptors (Lipinski definition) is 1. The Hall–Kier alpha value is -2.09. The number of rotatable bonds is 1. The van der Waals surface area contributed by atoms with Gasteiger partial charge in [-0.25, -0.2) is 0 Å². The van der Waals surface area contributed by atoms with Crippen LogP contribution in [0.3, 0.4) is 0 Å². The van der Waals surface area contributed by atoms with Gasteiger partial charge in [-0.15, -0.1) is 0 Å². The molecule has 1 heterocycles. The van der Waals surface area contributed by atoms with Gasteiger partial charge >= 0.3 is 0 Å². The van der Waals surface area contributed by atoms with E-state index in [-0.39, 0.29) is 0 Å². The van der Waals surface area contributed by atoms with Crippen molar-refractivity contribution >= 4 is 10.9 Å². The Morgan fingerprint density at radius 1 is 0.941 bits per heavy atom. The Labute approximate surface area is 101 Å². The van der Waals surface area contributed by atoms with E-state index < -0.39 is 0 Å². The van der Waals surface area contributed by atoms with Crippen LogP contribution < -0.4 is 0 Å². The molecule has 0 saturated carbocycles. The summed E-state index contributed by atoms with van der Waals surface area (Å²) in [7, 11) is 1.99. The fourth-order valence-electron chi connectivity index (χ4n) is 2.14. The molecule has 0 aliphatic carbocycles. The Balaban J connectivity index is 2.27. The van der Waals surface area contributed by atoms with E-state index in [9.17, 15) is 0 Å². The normalized spacial score (nSPS) is 10.9. The van der Waals surface area contributed by atoms with Crippen molar-refractivity contribution in [2.24, 2.45) is 7.05 Å². The van der Waals surface area contributed by atoms with Gasteiger partial charge in [-0.2, -0.15) is 5.10 Å². The van der Waals surface area contributed by atoms with Crippen LogP contribution in [0.4, 0.5) is 0 Å². The maximum absolute atomic E-state index is 4.61. The molecule has 0 saturated heterocycles. The zero-order chi connectivity index (χ0) is 11.8. The molecule has 2 nitrogen and oxygen atoms in total. The van der Waals surface area contributed by atoms with Crippen molar-refractivity contribution in [1.29, 1.82) is 0 Å². The summed E-state index contributed by atoms with van der Waals surface area (Å²) in [6.45, 7) is 2.10. The van der Waals surface area contributed by atoms with E-state index in [2.05, 4.69) is 54.5 Å². The number of hydrogen-bond donors (Lipinski definition) is 0. The second-order valence-electron chi connectivity index (χ2n) is 4.36. The topological polar surface area (TPSA) is 17.8 Å². The van der Waals surface area contributed by atoms with Crippen molar-refractivity contribution in [3.8, 4) is 11.3 Å². The van der Waals surface area contributed by atoms with E-state index in [1.807, 2.05) is 17.8 Å². The molecule has 0 spiro atoms. The lowest BCUT2D eigenvalue weighted by Gasteiger charge is -1.98. The van der Waals surface area contributed by atoms with Crippen molar-refractivity contribution in [2.45, 2.75) is 6.92 Å². The largest absolute Gasteiger partial charge is 0.267 e. The number of fused-ring (bicyclic) bond motifs is 1. The fourth-order valence-corrected chi connectivity index (χ4v) is 2.14. The molecule has 0 aliphatic rings. The van der Waals surface area contributed by atoms with Crippen molar-refractivity contribution in [3.63, 3.8) is 0 Å². The van der Waals surface area contributed by atoms with Gasteiger partial charge in [-0.3, -0.25) is 4.68 Å². The molecular formula is C15H14N2. The average Bonchev–Trinajstić information content (AvgIpc) is 2.69. The van der Waals surface area contributed by atoms with Crippen molar-refractivity contribution in [1.82, 2.24) is 9.78 Å². The SMILES string of the molecule is Cc1ccc(-c2nn(C)c3ccccc23)cc1. The van der Waals surface area contributed by atoms with Gasteiger partial charge in [0, 0.05) is 18.0 Å². The van der Waals surface area contributed by atoms with Crippen molar-refractivity contribution < 1.29 is 0 Å². The molecule has 1 aromatic heterocycles. The molecule has 0 N–H and O–H groups in total. The van der Waals surface area contributed by atoms with Crippen molar-refractivity contribution in [3.05, 3.63) is 54.1 Å². The van der Waals surface area contributed by atoms with E-state index in [0.717, 1.165) is 5.69 Å². The van der Waals surface area contributed by atoms with Gasteiger partial charge in [-0.1, -0.05) is 48.0 Å². The Morgan fingerprint density at radius 2 is 1.65 bits per heavy atom. The summed E-state index contributed by atoms with van der Waals surface area (Å²) in [4.78, 5) is 0. The Morgan fingerprint density at radius 3 is 2.41 bits per heavy atom. The number of para-hydroxylation sites is 1. The molecule has 84 valence electrons. The zero-order valence-corrected chi connectivity index (χ0v) is 10.0. The number of aryl methyl sites for hydroxylation is 2. The van der Waals surface area contributed by atoms with Crippen LogP contribution in [-0.2, 0) is 7.05 Å². The lowest BCUT2D eigenvalue weighted by molar-refractivity contribution is 0.800. The summed E-state index contributed by atoms with van der Waals surface area (Å²) in [5.41, 5.74) is 4.67. The lowest BCUT2D eigenvalue weighted by atomic mass is 10.1. The van der Waals surface area contributed by atoms with Crippen LogP contribution in [0.1, 0.15) is 5.56 Å². The highest BCUT2D eigenvalue weighted by Crippen LogP contribution is 2.27. The van der Waals surface area contributed by atoms with Crippen LogP contribution in [0, 0.1) is 6.92 Å². The minimum absolute atomic E-state index is 1.06. The van der Waals surface area contributed by atoms with Crippen LogP contribution in [-0.4, -0.2) is 9.78 Å². The minimum atomic E-state index is 1.06. The lowest BCUT2D eigenvalue weighted by Crippen LogP contribution is -1.89. The smallest absolute Gasteiger partial charge is 0.100 e. The summed E-state index contributed by atoms with van der Waals surface area (Å²) in [6, 6.07) is 16.8. The molecule has 0 fully saturated rings. The molecule has 2 heteroatoms. The Bertz CT molecular complexity index is 663. The van der Waals surface area contributed by atoms with E-state index in [1.54, 1.807) is 0 Å². The van der Waals surface area contributed by atoms with Gasteiger partial charge < -0.3 is 0 Å². The first kappa shape index (κ1) is 10.1. The zero-order valence-electron chi connectivity index (χ0n) is 10.0. The third kappa shape index (κ3) is 1.62. The predicted octanol–water partition coefficient (Wildman–Crippen LogP) is 3.55. The van der Waals surface area contributed by atoms with E-state index in [1.165, 1.54) is 22.0 Å². The molecule has 0 atom stereocenters. The third-order valence-corrected chi connectivity index (χ3v) is 3.08. The van der Waals surface area contributed by atoms with Crippen molar-refractivity contribution in [2.75, 3.05) is 0 Å². The molecule has 0 amide bonds. The van der Waals surface area contributed by atoms with Gasteiger partial charge in [0.2, 0.25) is 0 Å². The minimum Gasteiger partial charge on any atom is -0.267 e. The van der Waals surface area contributed by atoms with Crippen LogP contribution >= 0.6 is 0 Å². The number of nitrogens with zero attached hydrogens (tertiary/aromatic N) is 2. The standard InChI is InChI=1S/C15H14N2/c1-11-7-9-12(10-8-11)15-13-5-3-4-6-14(13)17(2)16-15/h3-10H,1-2H3. The molecule has 0 aliphatic heterocycles. The maximum Gasteiger partial charge on any atom is 0.100 e. The molecule has 3 aromatic rings. The van der Waals surface area contributed by atoms with Crippen LogP contribution in [0.15, 0.2) is 48.5 Å². The number of benzene rings is 2. The van der Waals surface area contributed by atoms with Gasteiger partial charge in [-0.05, 0) is 13.0 Å². The molecule has 2 aromatic carbocycles. The third-order valence-electron chi connectivity index (χ3n) is 3.08. The highest BCUT2D eigenvalue weighted by molar-refractivity contribution is 5.93. The highest BCUT2D eigenvalue weighted by Gasteiger charge is 2.09. The first-order valence-electron chi connectivity index (χ1n) is 5.74. The van der Waals surface area contributed by atoms with E-state index >= 15 is 0 Å². The second-order valence-corrected chi connectivity index (χ2v) is 4.36. The summed E-state index contributed by atoms with van der Waals surface area (Å²) in [5.74, 6) is 0. The molecule has 3 rings (SSSR count). The molecule has 17 heavy (non-hydrogen) atoms. The van der Waals surface area contributed by atoms with Gasteiger partial charge in [0.05, 0.1) is 5.52 Å². The Kier molecular flexibility index (Phi) is 2.22. The first-order chi connectivity index (χ1) is 8.25. The van der Waals surface area contributed by atoms with Crippen LogP contribution in [0.2, 0.25) is 0 Å². The van der Waals surface area contributed by atoms with Crippen LogP contribution in [0.5, 0.6) is 0 Å². The predicted molar refractivity (Wildman–Crippen MR) is 70.9 cm³/mol. The average molecular weight is 222 g/mol. The molecule has 0 radical (unpaired) electrons. The maximum atomic E-state index is 4.61. The van der Waals surface area contributed by atoms with Gasteiger partial charge in [0.15, 0.2) is 0 Å². The summed E-state index contributed by atoms with van der Waals surface area (Å²) in [5, 5.41) is 5.81. The summed E-state index contributed by atoms with van der Waals surface area (Å²) >= 11 is 0. The summed E-state index contributed by atoms with van der Waals surface area (Å²) in [6.07, 6.45) is 0. The highest BCUT2D eigenvalue weighted by atomic mass is 15.3. The monoisotopic (exact) mass is 222 g/mol. The fraction of sp³-hybridized carbons (Fsp3) is 0.133.